The number of rotatable bonds is 4. The van der Waals surface area contributed by atoms with Crippen LogP contribution in [0, 0.1) is 0 Å². The van der Waals surface area contributed by atoms with Crippen molar-refractivity contribution >= 4 is 26.0 Å². The van der Waals surface area contributed by atoms with Crippen molar-refractivity contribution in [1.82, 2.24) is 4.31 Å². The van der Waals surface area contributed by atoms with E-state index in [1.165, 1.54) is 50.5 Å². The lowest BCUT2D eigenvalue weighted by atomic mass is 10.2. The first kappa shape index (κ1) is 20.8. The Kier molecular flexibility index (Phi) is 6.82. The van der Waals surface area contributed by atoms with E-state index in [0.29, 0.717) is 0 Å². The zero-order chi connectivity index (χ0) is 19.3. The predicted octanol–water partition coefficient (Wildman–Crippen LogP) is 0.969. The van der Waals surface area contributed by atoms with E-state index in [9.17, 15) is 21.6 Å². The monoisotopic (exact) mass is 386 g/mol. The third kappa shape index (κ3) is 5.64. The van der Waals surface area contributed by atoms with Crippen molar-refractivity contribution in [3.05, 3.63) is 60.2 Å². The van der Waals surface area contributed by atoms with Crippen LogP contribution in [0.15, 0.2) is 64.4 Å². The van der Waals surface area contributed by atoms with Gasteiger partial charge < -0.3 is 5.11 Å². The second-order valence-corrected chi connectivity index (χ2v) is 8.63. The van der Waals surface area contributed by atoms with Gasteiger partial charge >= 0.3 is 5.97 Å². The molecule has 0 aliphatic rings. The number of carbonyl (C=O) groups is 1. The molecule has 0 fully saturated rings. The van der Waals surface area contributed by atoms with Gasteiger partial charge in [-0.25, -0.2) is 31.1 Å². The van der Waals surface area contributed by atoms with E-state index >= 15 is 0 Å². The molecule has 0 aromatic heterocycles. The van der Waals surface area contributed by atoms with Crippen LogP contribution in [0.25, 0.3) is 0 Å². The molecule has 0 aliphatic heterocycles. The molecule has 0 radical (unpaired) electrons. The SMILES string of the molecule is CN(C)S(=O)(=O)c1ccccc1C(=O)O.NS(=O)(=O)c1ccccc1. The molecule has 0 saturated heterocycles. The van der Waals surface area contributed by atoms with Crippen LogP contribution in [0.2, 0.25) is 0 Å². The molecule has 2 aromatic rings. The highest BCUT2D eigenvalue weighted by Crippen LogP contribution is 2.18. The lowest BCUT2D eigenvalue weighted by Gasteiger charge is -2.12. The second-order valence-electron chi connectivity index (χ2n) is 4.95. The molecular formula is C15H18N2O6S2. The van der Waals surface area contributed by atoms with Gasteiger partial charge in [0.1, 0.15) is 0 Å². The molecule has 10 heteroatoms. The number of primary sulfonamides is 1. The van der Waals surface area contributed by atoms with E-state index in [2.05, 4.69) is 0 Å². The van der Waals surface area contributed by atoms with Crippen LogP contribution >= 0.6 is 0 Å². The molecule has 25 heavy (non-hydrogen) atoms. The summed E-state index contributed by atoms with van der Waals surface area (Å²) in [5, 5.41) is 13.7. The molecule has 3 N–H and O–H groups in total. The second kappa shape index (κ2) is 8.21. The number of nitrogens with zero attached hydrogens (tertiary/aromatic N) is 1. The maximum Gasteiger partial charge on any atom is 0.337 e. The van der Waals surface area contributed by atoms with E-state index in [0.717, 1.165) is 4.31 Å². The predicted molar refractivity (Wildman–Crippen MR) is 92.1 cm³/mol. The number of hydrogen-bond donors (Lipinski definition) is 2. The molecule has 2 rings (SSSR count). The van der Waals surface area contributed by atoms with Crippen LogP contribution in [0.4, 0.5) is 0 Å². The van der Waals surface area contributed by atoms with Gasteiger partial charge in [0.2, 0.25) is 20.0 Å². The number of carboxylic acid groups (broad SMARTS) is 1. The van der Waals surface area contributed by atoms with E-state index in [4.69, 9.17) is 10.2 Å². The number of hydrogen-bond acceptors (Lipinski definition) is 5. The van der Waals surface area contributed by atoms with Crippen LogP contribution in [-0.2, 0) is 20.0 Å². The summed E-state index contributed by atoms with van der Waals surface area (Å²) in [6, 6.07) is 13.4. The Morgan fingerprint density at radius 3 is 1.80 bits per heavy atom. The first-order valence-corrected chi connectivity index (χ1v) is 9.79. The molecule has 0 heterocycles. The van der Waals surface area contributed by atoms with Crippen molar-refractivity contribution in [3.63, 3.8) is 0 Å². The van der Waals surface area contributed by atoms with Gasteiger partial charge in [0.25, 0.3) is 0 Å². The van der Waals surface area contributed by atoms with Crippen LogP contribution in [0.5, 0.6) is 0 Å². The molecular weight excluding hydrogens is 368 g/mol. The third-order valence-corrected chi connectivity index (χ3v) is 5.75. The number of nitrogens with two attached hydrogens (primary N) is 1. The Balaban J connectivity index is 0.000000271. The summed E-state index contributed by atoms with van der Waals surface area (Å²) >= 11 is 0. The maximum atomic E-state index is 11.7. The third-order valence-electron chi connectivity index (χ3n) is 2.95. The fraction of sp³-hybridized carbons (Fsp3) is 0.133. The summed E-state index contributed by atoms with van der Waals surface area (Å²) in [4.78, 5) is 10.8. The van der Waals surface area contributed by atoms with Gasteiger partial charge in [-0.15, -0.1) is 0 Å². The summed E-state index contributed by atoms with van der Waals surface area (Å²) in [5.41, 5.74) is -0.216. The first-order valence-electron chi connectivity index (χ1n) is 6.80. The van der Waals surface area contributed by atoms with Gasteiger partial charge in [0.15, 0.2) is 0 Å². The highest BCUT2D eigenvalue weighted by atomic mass is 32.2. The molecule has 136 valence electrons. The average molecular weight is 386 g/mol. The van der Waals surface area contributed by atoms with Gasteiger partial charge in [0, 0.05) is 14.1 Å². The first-order chi connectivity index (χ1) is 11.5. The molecule has 0 bridgehead atoms. The Hall–Kier alpha value is -2.27. The van der Waals surface area contributed by atoms with Crippen molar-refractivity contribution in [2.75, 3.05) is 14.1 Å². The Labute approximate surface area is 146 Å². The summed E-state index contributed by atoms with van der Waals surface area (Å²) in [6.07, 6.45) is 0. The Bertz CT molecular complexity index is 939. The number of sulfonamides is 2. The van der Waals surface area contributed by atoms with Crippen LogP contribution in [-0.4, -0.2) is 46.3 Å². The van der Waals surface area contributed by atoms with Crippen molar-refractivity contribution in [2.45, 2.75) is 9.79 Å². The lowest BCUT2D eigenvalue weighted by Crippen LogP contribution is -2.24. The molecule has 8 nitrogen and oxygen atoms in total. The minimum absolute atomic E-state index is 0.148. The van der Waals surface area contributed by atoms with Gasteiger partial charge in [-0.1, -0.05) is 30.3 Å². The number of aromatic carboxylic acids is 1. The van der Waals surface area contributed by atoms with Gasteiger partial charge in [-0.05, 0) is 24.3 Å². The van der Waals surface area contributed by atoms with Gasteiger partial charge in [-0.2, -0.15) is 0 Å². The van der Waals surface area contributed by atoms with Crippen LogP contribution in [0.3, 0.4) is 0 Å². The van der Waals surface area contributed by atoms with Gasteiger partial charge in [0.05, 0.1) is 15.4 Å². The zero-order valence-corrected chi connectivity index (χ0v) is 15.2. The molecule has 0 aliphatic carbocycles. The molecule has 0 unspecified atom stereocenters. The fourth-order valence-corrected chi connectivity index (χ4v) is 3.29. The van der Waals surface area contributed by atoms with Crippen LogP contribution < -0.4 is 5.14 Å². The summed E-state index contributed by atoms with van der Waals surface area (Å²) in [7, 11) is -4.49. The van der Waals surface area contributed by atoms with Crippen molar-refractivity contribution in [1.29, 1.82) is 0 Å². The van der Waals surface area contributed by atoms with E-state index in [1.54, 1.807) is 18.2 Å². The lowest BCUT2D eigenvalue weighted by molar-refractivity contribution is 0.0692. The highest BCUT2D eigenvalue weighted by Gasteiger charge is 2.23. The average Bonchev–Trinajstić information content (AvgIpc) is 2.55. The molecule has 2 aromatic carbocycles. The van der Waals surface area contributed by atoms with Crippen LogP contribution in [0.1, 0.15) is 10.4 Å². The van der Waals surface area contributed by atoms with Crippen molar-refractivity contribution < 1.29 is 26.7 Å². The summed E-state index contributed by atoms with van der Waals surface area (Å²) in [5.74, 6) is -1.25. The van der Waals surface area contributed by atoms with E-state index in [-0.39, 0.29) is 15.4 Å². The molecule has 0 saturated carbocycles. The smallest absolute Gasteiger partial charge is 0.337 e. The Morgan fingerprint density at radius 2 is 1.40 bits per heavy atom. The fourth-order valence-electron chi connectivity index (χ4n) is 1.68. The largest absolute Gasteiger partial charge is 0.478 e. The topological polar surface area (TPSA) is 135 Å². The van der Waals surface area contributed by atoms with Gasteiger partial charge in [-0.3, -0.25) is 0 Å². The van der Waals surface area contributed by atoms with Crippen molar-refractivity contribution in [2.24, 2.45) is 5.14 Å². The maximum absolute atomic E-state index is 11.7. The molecule has 0 atom stereocenters. The highest BCUT2D eigenvalue weighted by molar-refractivity contribution is 7.89. The van der Waals surface area contributed by atoms with E-state index < -0.39 is 26.0 Å². The quantitative estimate of drug-likeness (QED) is 0.804. The van der Waals surface area contributed by atoms with E-state index in [1.807, 2.05) is 0 Å². The minimum atomic E-state index is -3.70. The summed E-state index contributed by atoms with van der Waals surface area (Å²) in [6.45, 7) is 0. The summed E-state index contributed by atoms with van der Waals surface area (Å²) < 4.78 is 45.6. The minimum Gasteiger partial charge on any atom is -0.478 e. The number of carboxylic acids is 1. The number of benzene rings is 2. The standard InChI is InChI=1S/C9H11NO4S.C6H7NO2S/c1-10(2)15(13,14)8-6-4-3-5-7(8)9(11)12;7-10(8,9)6-4-2-1-3-5-6/h3-6H,1-2H3,(H,11,12);1-5H,(H2,7,8,9). The normalized spacial score (nSPS) is 11.5. The zero-order valence-electron chi connectivity index (χ0n) is 13.5. The Morgan fingerprint density at radius 1 is 0.920 bits per heavy atom. The molecule has 0 spiro atoms. The van der Waals surface area contributed by atoms with Crippen molar-refractivity contribution in [3.8, 4) is 0 Å². The molecule has 0 amide bonds.